The predicted molar refractivity (Wildman–Crippen MR) is 134 cm³/mol. The van der Waals surface area contributed by atoms with E-state index in [0.717, 1.165) is 29.0 Å². The third-order valence-electron chi connectivity index (χ3n) is 5.81. The fourth-order valence-corrected chi connectivity index (χ4v) is 4.02. The number of methoxy groups -OCH3 is 1. The molecule has 0 saturated heterocycles. The minimum absolute atomic E-state index is 0.0489. The zero-order chi connectivity index (χ0) is 26.3. The highest BCUT2D eigenvalue weighted by atomic mass is 19.4. The van der Waals surface area contributed by atoms with Crippen LogP contribution >= 0.6 is 0 Å². The van der Waals surface area contributed by atoms with Crippen LogP contribution in [0.2, 0.25) is 0 Å². The molecular formula is C29H27F3N2O3. The summed E-state index contributed by atoms with van der Waals surface area (Å²) in [5, 5.41) is 2.63. The summed E-state index contributed by atoms with van der Waals surface area (Å²) >= 11 is 0. The number of rotatable bonds is 10. The van der Waals surface area contributed by atoms with Gasteiger partial charge in [0, 0.05) is 25.2 Å². The van der Waals surface area contributed by atoms with Gasteiger partial charge in [0.15, 0.2) is 5.76 Å². The molecule has 4 rings (SSSR count). The number of carbonyl (C=O) groups excluding carboxylic acids is 1. The summed E-state index contributed by atoms with van der Waals surface area (Å²) in [6, 6.07) is 26.0. The van der Waals surface area contributed by atoms with Crippen LogP contribution in [0.1, 0.15) is 38.6 Å². The van der Waals surface area contributed by atoms with E-state index in [1.54, 1.807) is 19.2 Å². The maximum atomic E-state index is 12.9. The van der Waals surface area contributed by atoms with Crippen molar-refractivity contribution in [2.45, 2.75) is 32.4 Å². The van der Waals surface area contributed by atoms with E-state index >= 15 is 0 Å². The second-order valence-corrected chi connectivity index (χ2v) is 8.59. The van der Waals surface area contributed by atoms with Crippen LogP contribution in [0.5, 0.6) is 5.75 Å². The van der Waals surface area contributed by atoms with Crippen LogP contribution in [0.15, 0.2) is 95.4 Å². The van der Waals surface area contributed by atoms with Crippen molar-refractivity contribution in [2.24, 2.45) is 0 Å². The number of benzene rings is 3. The summed E-state index contributed by atoms with van der Waals surface area (Å²) in [6.45, 7) is 1.63. The number of furan rings is 1. The van der Waals surface area contributed by atoms with Crippen molar-refractivity contribution in [3.8, 4) is 5.75 Å². The molecule has 1 heterocycles. The fraction of sp³-hybridized carbons (Fsp3) is 0.207. The van der Waals surface area contributed by atoms with Gasteiger partial charge in [0.05, 0.1) is 19.2 Å². The van der Waals surface area contributed by atoms with E-state index < -0.39 is 17.6 Å². The third-order valence-corrected chi connectivity index (χ3v) is 5.81. The number of para-hydroxylation sites is 1. The maximum Gasteiger partial charge on any atom is 0.416 e. The lowest BCUT2D eigenvalue weighted by Gasteiger charge is -2.22. The smallest absolute Gasteiger partial charge is 0.416 e. The number of nitrogens with one attached hydrogen (secondary N) is 1. The number of alkyl halides is 3. The average Bonchev–Trinajstić information content (AvgIpc) is 3.36. The first-order valence-corrected chi connectivity index (χ1v) is 11.7. The predicted octanol–water partition coefficient (Wildman–Crippen LogP) is 6.44. The molecule has 0 aliphatic heterocycles. The summed E-state index contributed by atoms with van der Waals surface area (Å²) in [6.07, 6.45) is -4.44. The average molecular weight is 509 g/mol. The van der Waals surface area contributed by atoms with Gasteiger partial charge in [-0.15, -0.1) is 0 Å². The number of nitrogens with zero attached hydrogens (tertiary/aromatic N) is 1. The third kappa shape index (κ3) is 7.24. The molecule has 0 aliphatic rings. The van der Waals surface area contributed by atoms with Gasteiger partial charge in [-0.3, -0.25) is 9.69 Å². The number of carbonyl (C=O) groups is 1. The molecule has 5 nitrogen and oxygen atoms in total. The molecule has 3 aromatic carbocycles. The molecule has 37 heavy (non-hydrogen) atoms. The molecule has 192 valence electrons. The second-order valence-electron chi connectivity index (χ2n) is 8.59. The van der Waals surface area contributed by atoms with Crippen LogP contribution in [-0.2, 0) is 32.4 Å². The van der Waals surface area contributed by atoms with Gasteiger partial charge in [-0.05, 0) is 41.5 Å². The van der Waals surface area contributed by atoms with Crippen LogP contribution in [0.25, 0.3) is 0 Å². The lowest BCUT2D eigenvalue weighted by Crippen LogP contribution is -2.23. The van der Waals surface area contributed by atoms with E-state index in [1.807, 2.05) is 54.6 Å². The van der Waals surface area contributed by atoms with Gasteiger partial charge < -0.3 is 14.5 Å². The summed E-state index contributed by atoms with van der Waals surface area (Å²) in [5.74, 6) is 0.978. The zero-order valence-electron chi connectivity index (χ0n) is 20.3. The first kappa shape index (κ1) is 26.0. The monoisotopic (exact) mass is 508 g/mol. The van der Waals surface area contributed by atoms with E-state index in [4.69, 9.17) is 9.15 Å². The second kappa shape index (κ2) is 11.8. The van der Waals surface area contributed by atoms with E-state index in [1.165, 1.54) is 12.1 Å². The molecule has 0 aliphatic carbocycles. The molecule has 8 heteroatoms. The Kier molecular flexibility index (Phi) is 8.30. The first-order chi connectivity index (χ1) is 17.8. The standard InChI is InChI=1S/C29H27F3N2O3/c1-36-26-13-6-5-11-23(26)19-34(18-21-8-3-2-4-9-21)20-25-14-15-27(37-25)28(35)33-17-22-10-7-12-24(16-22)29(30,31)32/h2-16H,17-20H2,1H3,(H,33,35). The van der Waals surface area contributed by atoms with Gasteiger partial charge in [0.2, 0.25) is 0 Å². The van der Waals surface area contributed by atoms with E-state index in [-0.39, 0.29) is 12.3 Å². The van der Waals surface area contributed by atoms with Crippen LogP contribution in [0.3, 0.4) is 0 Å². The lowest BCUT2D eigenvalue weighted by molar-refractivity contribution is -0.137. The van der Waals surface area contributed by atoms with Crippen molar-refractivity contribution in [3.63, 3.8) is 0 Å². The number of amides is 1. The van der Waals surface area contributed by atoms with Gasteiger partial charge in [-0.25, -0.2) is 0 Å². The summed E-state index contributed by atoms with van der Waals surface area (Å²) in [7, 11) is 1.64. The Morgan fingerprint density at radius 3 is 2.35 bits per heavy atom. The Hall–Kier alpha value is -4.04. The van der Waals surface area contributed by atoms with Crippen molar-refractivity contribution in [1.29, 1.82) is 0 Å². The molecule has 1 aromatic heterocycles. The van der Waals surface area contributed by atoms with Gasteiger partial charge >= 0.3 is 6.18 Å². The van der Waals surface area contributed by atoms with Crippen molar-refractivity contribution >= 4 is 5.91 Å². The van der Waals surface area contributed by atoms with Crippen molar-refractivity contribution in [2.75, 3.05) is 7.11 Å². The van der Waals surface area contributed by atoms with Gasteiger partial charge in [-0.2, -0.15) is 13.2 Å². The minimum atomic E-state index is -4.44. The van der Waals surface area contributed by atoms with Crippen LogP contribution < -0.4 is 10.1 Å². The molecule has 0 radical (unpaired) electrons. The molecular weight excluding hydrogens is 481 g/mol. The number of ether oxygens (including phenoxy) is 1. The highest BCUT2D eigenvalue weighted by Crippen LogP contribution is 2.29. The highest BCUT2D eigenvalue weighted by molar-refractivity contribution is 5.91. The maximum absolute atomic E-state index is 12.9. The lowest BCUT2D eigenvalue weighted by atomic mass is 10.1. The van der Waals surface area contributed by atoms with Crippen molar-refractivity contribution in [3.05, 3.63) is 125 Å². The van der Waals surface area contributed by atoms with Crippen LogP contribution in [0, 0.1) is 0 Å². The highest BCUT2D eigenvalue weighted by Gasteiger charge is 2.30. The molecule has 0 fully saturated rings. The summed E-state index contributed by atoms with van der Waals surface area (Å²) in [4.78, 5) is 14.8. The van der Waals surface area contributed by atoms with E-state index in [9.17, 15) is 18.0 Å². The van der Waals surface area contributed by atoms with E-state index in [2.05, 4.69) is 10.2 Å². The van der Waals surface area contributed by atoms with Crippen LogP contribution in [0.4, 0.5) is 13.2 Å². The number of hydrogen-bond acceptors (Lipinski definition) is 4. The summed E-state index contributed by atoms with van der Waals surface area (Å²) in [5.41, 5.74) is 1.74. The Morgan fingerprint density at radius 1 is 0.865 bits per heavy atom. The van der Waals surface area contributed by atoms with Crippen molar-refractivity contribution < 1.29 is 27.1 Å². The normalized spacial score (nSPS) is 11.5. The fourth-order valence-electron chi connectivity index (χ4n) is 4.02. The Balaban J connectivity index is 1.43. The Labute approximate surface area is 213 Å². The van der Waals surface area contributed by atoms with Gasteiger partial charge in [0.1, 0.15) is 11.5 Å². The number of halogens is 3. The molecule has 0 unspecified atom stereocenters. The topological polar surface area (TPSA) is 54.7 Å². The first-order valence-electron chi connectivity index (χ1n) is 11.7. The molecule has 0 bridgehead atoms. The molecule has 4 aromatic rings. The quantitative estimate of drug-likeness (QED) is 0.268. The molecule has 0 atom stereocenters. The summed E-state index contributed by atoms with van der Waals surface area (Å²) < 4.78 is 50.1. The Bertz CT molecular complexity index is 1320. The molecule has 0 saturated carbocycles. The molecule has 1 N–H and O–H groups in total. The van der Waals surface area contributed by atoms with Gasteiger partial charge in [-0.1, -0.05) is 60.7 Å². The van der Waals surface area contributed by atoms with E-state index in [0.29, 0.717) is 31.0 Å². The van der Waals surface area contributed by atoms with Crippen molar-refractivity contribution in [1.82, 2.24) is 10.2 Å². The SMILES string of the molecule is COc1ccccc1CN(Cc1ccccc1)Cc1ccc(C(=O)NCc2cccc(C(F)(F)F)c2)o1. The van der Waals surface area contributed by atoms with Gasteiger partial charge in [0.25, 0.3) is 5.91 Å². The largest absolute Gasteiger partial charge is 0.496 e. The molecule has 1 amide bonds. The molecule has 0 spiro atoms. The minimum Gasteiger partial charge on any atom is -0.496 e. The number of hydrogen-bond donors (Lipinski definition) is 1. The Morgan fingerprint density at radius 2 is 1.59 bits per heavy atom. The zero-order valence-corrected chi connectivity index (χ0v) is 20.3. The van der Waals surface area contributed by atoms with Crippen LogP contribution in [-0.4, -0.2) is 17.9 Å².